The second-order valence-corrected chi connectivity index (χ2v) is 4.94. The van der Waals surface area contributed by atoms with Crippen molar-refractivity contribution in [2.45, 2.75) is 12.5 Å². The van der Waals surface area contributed by atoms with Crippen LogP contribution in [0.25, 0.3) is 0 Å². The fraction of sp³-hybridized carbons (Fsp3) is 0.250. The second kappa shape index (κ2) is 6.82. The van der Waals surface area contributed by atoms with Crippen LogP contribution in [0, 0.1) is 5.41 Å². The number of pyridine rings is 1. The van der Waals surface area contributed by atoms with Gasteiger partial charge in [0.2, 0.25) is 0 Å². The van der Waals surface area contributed by atoms with Crippen LogP contribution >= 0.6 is 0 Å². The third-order valence-corrected chi connectivity index (χ3v) is 3.23. The summed E-state index contributed by atoms with van der Waals surface area (Å²) >= 11 is 0. The lowest BCUT2D eigenvalue weighted by Gasteiger charge is -2.23. The van der Waals surface area contributed by atoms with Crippen molar-refractivity contribution in [2.24, 2.45) is 5.73 Å². The van der Waals surface area contributed by atoms with Crippen LogP contribution in [0.5, 0.6) is 0 Å². The maximum Gasteiger partial charge on any atom is 0.0995 e. The van der Waals surface area contributed by atoms with Crippen LogP contribution in [0.4, 0.5) is 0 Å². The zero-order valence-corrected chi connectivity index (χ0v) is 11.7. The van der Waals surface area contributed by atoms with Gasteiger partial charge in [-0.3, -0.25) is 15.3 Å². The summed E-state index contributed by atoms with van der Waals surface area (Å²) < 4.78 is 0. The summed E-state index contributed by atoms with van der Waals surface area (Å²) in [6.45, 7) is 1.45. The van der Waals surface area contributed by atoms with E-state index in [2.05, 4.69) is 9.88 Å². The van der Waals surface area contributed by atoms with Gasteiger partial charge in [-0.25, -0.2) is 0 Å². The van der Waals surface area contributed by atoms with Crippen LogP contribution in [-0.2, 0) is 6.54 Å². The van der Waals surface area contributed by atoms with Crippen LogP contribution in [0.15, 0.2) is 54.7 Å². The van der Waals surface area contributed by atoms with E-state index < -0.39 is 0 Å². The first-order valence-electron chi connectivity index (χ1n) is 6.64. The van der Waals surface area contributed by atoms with Gasteiger partial charge < -0.3 is 5.73 Å². The van der Waals surface area contributed by atoms with E-state index in [4.69, 9.17) is 11.1 Å². The monoisotopic (exact) mass is 268 g/mol. The van der Waals surface area contributed by atoms with Gasteiger partial charge in [0.25, 0.3) is 0 Å². The lowest BCUT2D eigenvalue weighted by Crippen LogP contribution is -2.32. The number of nitrogens with zero attached hydrogens (tertiary/aromatic N) is 2. The summed E-state index contributed by atoms with van der Waals surface area (Å²) in [6.07, 6.45) is 1.79. The normalized spacial score (nSPS) is 12.3. The Hall–Kier alpha value is -2.20. The molecule has 0 amide bonds. The van der Waals surface area contributed by atoms with Crippen LogP contribution in [-0.4, -0.2) is 29.3 Å². The minimum Gasteiger partial charge on any atom is -0.387 e. The molecule has 4 heteroatoms. The maximum atomic E-state index is 7.80. The average Bonchev–Trinajstić information content (AvgIpc) is 2.46. The number of nitrogens with two attached hydrogens (primary N) is 1. The van der Waals surface area contributed by atoms with E-state index in [9.17, 15) is 0 Å². The Morgan fingerprint density at radius 2 is 1.90 bits per heavy atom. The third-order valence-electron chi connectivity index (χ3n) is 3.23. The van der Waals surface area contributed by atoms with E-state index in [0.717, 1.165) is 17.8 Å². The maximum absolute atomic E-state index is 7.80. The zero-order chi connectivity index (χ0) is 14.4. The number of hydrogen-bond donors (Lipinski definition) is 2. The zero-order valence-electron chi connectivity index (χ0n) is 11.7. The Morgan fingerprint density at radius 3 is 2.50 bits per heavy atom. The molecule has 0 radical (unpaired) electrons. The number of nitrogens with one attached hydrogen (secondary N) is 1. The molecule has 2 rings (SSSR count). The van der Waals surface area contributed by atoms with Gasteiger partial charge >= 0.3 is 0 Å². The van der Waals surface area contributed by atoms with Crippen molar-refractivity contribution in [3.05, 3.63) is 66.0 Å². The van der Waals surface area contributed by atoms with Crippen molar-refractivity contribution in [2.75, 3.05) is 13.6 Å². The highest BCUT2D eigenvalue weighted by Crippen LogP contribution is 2.17. The van der Waals surface area contributed by atoms with Gasteiger partial charge in [-0.15, -0.1) is 0 Å². The predicted molar refractivity (Wildman–Crippen MR) is 81.7 cm³/mol. The van der Waals surface area contributed by atoms with Crippen molar-refractivity contribution in [1.82, 2.24) is 9.88 Å². The Balaban J connectivity index is 2.04. The molecule has 4 nitrogen and oxygen atoms in total. The lowest BCUT2D eigenvalue weighted by molar-refractivity contribution is 0.318. The number of amidine groups is 1. The molecule has 1 unspecified atom stereocenters. The molecule has 2 aromatic rings. The first-order chi connectivity index (χ1) is 9.66. The fourth-order valence-corrected chi connectivity index (χ4v) is 2.21. The summed E-state index contributed by atoms with van der Waals surface area (Å²) in [5, 5.41) is 7.80. The predicted octanol–water partition coefficient (Wildman–Crippen LogP) is 2.23. The molecular formula is C16H20N4. The standard InChI is InChI=1S/C16H20N4/c1-20(11-14-9-5-6-10-19-14)12-15(16(17)18)13-7-3-2-4-8-13/h2-10,15H,11-12H2,1H3,(H3,17,18). The fourth-order valence-electron chi connectivity index (χ4n) is 2.21. The van der Waals surface area contributed by atoms with Gasteiger partial charge in [0.05, 0.1) is 17.4 Å². The highest BCUT2D eigenvalue weighted by Gasteiger charge is 2.17. The van der Waals surface area contributed by atoms with Crippen molar-refractivity contribution in [3.8, 4) is 0 Å². The van der Waals surface area contributed by atoms with E-state index in [-0.39, 0.29) is 11.8 Å². The van der Waals surface area contributed by atoms with Crippen molar-refractivity contribution >= 4 is 5.84 Å². The summed E-state index contributed by atoms with van der Waals surface area (Å²) in [6, 6.07) is 15.8. The van der Waals surface area contributed by atoms with Crippen molar-refractivity contribution in [1.29, 1.82) is 5.41 Å². The molecule has 104 valence electrons. The number of benzene rings is 1. The molecule has 0 aliphatic rings. The molecule has 20 heavy (non-hydrogen) atoms. The molecule has 1 heterocycles. The number of rotatable bonds is 6. The van der Waals surface area contributed by atoms with Gasteiger partial charge in [0.15, 0.2) is 0 Å². The number of hydrogen-bond acceptors (Lipinski definition) is 3. The van der Waals surface area contributed by atoms with Gasteiger partial charge in [-0.1, -0.05) is 36.4 Å². The van der Waals surface area contributed by atoms with Crippen LogP contribution in [0.1, 0.15) is 17.2 Å². The van der Waals surface area contributed by atoms with Gasteiger partial charge in [-0.2, -0.15) is 0 Å². The molecule has 0 spiro atoms. The highest BCUT2D eigenvalue weighted by atomic mass is 15.1. The van der Waals surface area contributed by atoms with Gasteiger partial charge in [0.1, 0.15) is 0 Å². The van der Waals surface area contributed by atoms with Crippen LogP contribution < -0.4 is 5.73 Å². The van der Waals surface area contributed by atoms with E-state index in [0.29, 0.717) is 6.54 Å². The lowest BCUT2D eigenvalue weighted by atomic mass is 9.97. The van der Waals surface area contributed by atoms with E-state index in [1.54, 1.807) is 6.20 Å². The molecule has 0 aliphatic carbocycles. The molecule has 1 aromatic heterocycles. The molecule has 0 bridgehead atoms. The van der Waals surface area contributed by atoms with E-state index >= 15 is 0 Å². The smallest absolute Gasteiger partial charge is 0.0995 e. The molecular weight excluding hydrogens is 248 g/mol. The van der Waals surface area contributed by atoms with E-state index in [1.807, 2.05) is 55.6 Å². The van der Waals surface area contributed by atoms with Crippen molar-refractivity contribution in [3.63, 3.8) is 0 Å². The second-order valence-electron chi connectivity index (χ2n) is 4.94. The Morgan fingerprint density at radius 1 is 1.20 bits per heavy atom. The van der Waals surface area contributed by atoms with E-state index in [1.165, 1.54) is 0 Å². The molecule has 3 N–H and O–H groups in total. The average molecular weight is 268 g/mol. The van der Waals surface area contributed by atoms with Crippen LogP contribution in [0.3, 0.4) is 0 Å². The third kappa shape index (κ3) is 3.90. The Bertz CT molecular complexity index is 539. The summed E-state index contributed by atoms with van der Waals surface area (Å²) in [7, 11) is 2.02. The topological polar surface area (TPSA) is 66.0 Å². The summed E-state index contributed by atoms with van der Waals surface area (Å²) in [4.78, 5) is 6.46. The molecule has 0 fully saturated rings. The van der Waals surface area contributed by atoms with Crippen LogP contribution in [0.2, 0.25) is 0 Å². The minimum absolute atomic E-state index is 0.0788. The molecule has 0 saturated carbocycles. The highest BCUT2D eigenvalue weighted by molar-refractivity contribution is 5.84. The summed E-state index contributed by atoms with van der Waals surface area (Å²) in [5.41, 5.74) is 7.85. The largest absolute Gasteiger partial charge is 0.387 e. The first kappa shape index (κ1) is 14.2. The van der Waals surface area contributed by atoms with Gasteiger partial charge in [0, 0.05) is 19.3 Å². The Labute approximate surface area is 119 Å². The van der Waals surface area contributed by atoms with Crippen molar-refractivity contribution < 1.29 is 0 Å². The number of aromatic nitrogens is 1. The quantitative estimate of drug-likeness (QED) is 0.623. The molecule has 0 aliphatic heterocycles. The SMILES string of the molecule is CN(Cc1ccccn1)CC(C(=N)N)c1ccccc1. The van der Waals surface area contributed by atoms with Gasteiger partial charge in [-0.05, 0) is 24.7 Å². The Kier molecular flexibility index (Phi) is 4.85. The first-order valence-corrected chi connectivity index (χ1v) is 6.64. The molecule has 1 atom stereocenters. The number of likely N-dealkylation sites (N-methyl/N-ethyl adjacent to an activating group) is 1. The molecule has 0 saturated heterocycles. The minimum atomic E-state index is -0.0788. The molecule has 1 aromatic carbocycles. The summed E-state index contributed by atoms with van der Waals surface area (Å²) in [5.74, 6) is 0.119.